The van der Waals surface area contributed by atoms with Gasteiger partial charge in [0.25, 0.3) is 0 Å². The zero-order chi connectivity index (χ0) is 21.9. The van der Waals surface area contributed by atoms with Gasteiger partial charge in [0.05, 0.1) is 18.4 Å². The highest BCUT2D eigenvalue weighted by Crippen LogP contribution is 2.68. The molecule has 5 rings (SSSR count). The summed E-state index contributed by atoms with van der Waals surface area (Å²) >= 11 is 0. The number of aromatic nitrogens is 3. The molecule has 4 aliphatic carbocycles. The molecule has 0 aliphatic heterocycles. The van der Waals surface area contributed by atoms with Gasteiger partial charge in [0.2, 0.25) is 0 Å². The fraction of sp³-hybridized carbons (Fsp3) is 0.880. The SMILES string of the molecule is COC[C@]12CC[C@@](C)(O)C[C@@H]1CC[C@H]1[C@@H]3CC[C@H](C(=O)Cn4ccnn4)[C@@]3(C)CC[C@@H]12. The molecule has 0 saturated heterocycles. The Morgan fingerprint density at radius 2 is 1.97 bits per heavy atom. The fourth-order valence-electron chi connectivity index (χ4n) is 8.90. The minimum absolute atomic E-state index is 0.111. The van der Waals surface area contributed by atoms with E-state index in [0.717, 1.165) is 38.7 Å². The number of fused-ring (bicyclic) bond motifs is 5. The molecule has 0 unspecified atom stereocenters. The van der Waals surface area contributed by atoms with Crippen molar-refractivity contribution < 1.29 is 14.6 Å². The number of nitrogens with zero attached hydrogens (tertiary/aromatic N) is 3. The smallest absolute Gasteiger partial charge is 0.157 e. The molecule has 1 aromatic heterocycles. The zero-order valence-electron chi connectivity index (χ0n) is 19.4. The highest BCUT2D eigenvalue weighted by Gasteiger charge is 2.63. The maximum absolute atomic E-state index is 13.3. The molecule has 8 atom stereocenters. The molecule has 0 bridgehead atoms. The second-order valence-electron chi connectivity index (χ2n) is 11.8. The molecule has 1 aromatic rings. The van der Waals surface area contributed by atoms with E-state index in [9.17, 15) is 9.90 Å². The van der Waals surface area contributed by atoms with Gasteiger partial charge >= 0.3 is 0 Å². The molecule has 0 radical (unpaired) electrons. The molecule has 0 aromatic carbocycles. The van der Waals surface area contributed by atoms with E-state index in [0.29, 0.717) is 36.0 Å². The van der Waals surface area contributed by atoms with Gasteiger partial charge < -0.3 is 9.84 Å². The van der Waals surface area contributed by atoms with E-state index >= 15 is 0 Å². The van der Waals surface area contributed by atoms with E-state index in [1.54, 1.807) is 17.1 Å². The van der Waals surface area contributed by atoms with Crippen molar-refractivity contribution in [2.45, 2.75) is 83.8 Å². The highest BCUT2D eigenvalue weighted by molar-refractivity contribution is 5.82. The maximum atomic E-state index is 13.3. The molecule has 4 aliphatic rings. The molecule has 4 fully saturated rings. The number of methoxy groups -OCH3 is 1. The van der Waals surface area contributed by atoms with Crippen molar-refractivity contribution in [3.63, 3.8) is 0 Å². The first-order valence-electron chi connectivity index (χ1n) is 12.4. The van der Waals surface area contributed by atoms with Gasteiger partial charge in [-0.2, -0.15) is 0 Å². The minimum atomic E-state index is -0.524. The monoisotopic (exact) mass is 429 g/mol. The standard InChI is InChI=1S/C25H39N3O3/c1-23(30)10-11-25(16-31-3)17(14-23)4-5-18-19-6-7-21(24(19,2)9-8-20(18)25)22(29)15-28-13-12-26-27-28/h12-13,17-21,30H,4-11,14-16H2,1-3H3/t17-,18-,19-,20-,21+,23+,24-,25+/m0/s1. The van der Waals surface area contributed by atoms with Gasteiger partial charge in [0.15, 0.2) is 5.78 Å². The van der Waals surface area contributed by atoms with E-state index in [1.165, 1.54) is 25.7 Å². The normalized spacial score (nSPS) is 46.8. The number of hydrogen-bond donors (Lipinski definition) is 1. The van der Waals surface area contributed by atoms with E-state index in [1.807, 2.05) is 14.0 Å². The molecule has 172 valence electrons. The fourth-order valence-corrected chi connectivity index (χ4v) is 8.90. The third-order valence-electron chi connectivity index (χ3n) is 10.2. The largest absolute Gasteiger partial charge is 0.390 e. The number of rotatable bonds is 5. The second kappa shape index (κ2) is 7.65. The third-order valence-corrected chi connectivity index (χ3v) is 10.2. The van der Waals surface area contributed by atoms with Crippen molar-refractivity contribution in [2.24, 2.45) is 40.4 Å². The van der Waals surface area contributed by atoms with Crippen molar-refractivity contribution in [2.75, 3.05) is 13.7 Å². The Labute approximate surface area is 186 Å². The van der Waals surface area contributed by atoms with Crippen LogP contribution in [0.15, 0.2) is 12.4 Å². The van der Waals surface area contributed by atoms with Crippen LogP contribution in [0.5, 0.6) is 0 Å². The second-order valence-corrected chi connectivity index (χ2v) is 11.8. The van der Waals surface area contributed by atoms with Gasteiger partial charge in [-0.25, -0.2) is 4.68 Å². The van der Waals surface area contributed by atoms with Gasteiger partial charge in [-0.3, -0.25) is 4.79 Å². The van der Waals surface area contributed by atoms with Crippen LogP contribution in [0, 0.1) is 40.4 Å². The first-order chi connectivity index (χ1) is 14.8. The number of carbonyl (C=O) groups excluding carboxylic acids is 1. The predicted octanol–water partition coefficient (Wildman–Crippen LogP) is 3.88. The van der Waals surface area contributed by atoms with Gasteiger partial charge in [0, 0.05) is 19.2 Å². The number of ether oxygens (including phenoxy) is 1. The van der Waals surface area contributed by atoms with E-state index in [-0.39, 0.29) is 16.7 Å². The van der Waals surface area contributed by atoms with Crippen LogP contribution in [0.25, 0.3) is 0 Å². The first-order valence-corrected chi connectivity index (χ1v) is 12.4. The summed E-state index contributed by atoms with van der Waals surface area (Å²) in [6, 6.07) is 0. The Hall–Kier alpha value is -1.27. The topological polar surface area (TPSA) is 77.2 Å². The van der Waals surface area contributed by atoms with E-state index < -0.39 is 5.60 Å². The number of hydrogen-bond acceptors (Lipinski definition) is 5. The lowest BCUT2D eigenvalue weighted by Crippen LogP contribution is -2.58. The molecule has 6 nitrogen and oxygen atoms in total. The van der Waals surface area contributed by atoms with Gasteiger partial charge in [-0.1, -0.05) is 12.1 Å². The van der Waals surface area contributed by atoms with Crippen LogP contribution in [0.3, 0.4) is 0 Å². The molecule has 6 heteroatoms. The Balaban J connectivity index is 1.38. The lowest BCUT2D eigenvalue weighted by molar-refractivity contribution is -0.175. The molecule has 4 saturated carbocycles. The first kappa shape index (κ1) is 21.6. The van der Waals surface area contributed by atoms with Crippen LogP contribution < -0.4 is 0 Å². The summed E-state index contributed by atoms with van der Waals surface area (Å²) in [5.41, 5.74) is -0.200. The van der Waals surface area contributed by atoms with Crippen LogP contribution in [0.2, 0.25) is 0 Å². The quantitative estimate of drug-likeness (QED) is 0.768. The van der Waals surface area contributed by atoms with Crippen LogP contribution >= 0.6 is 0 Å². The Morgan fingerprint density at radius 3 is 2.71 bits per heavy atom. The summed E-state index contributed by atoms with van der Waals surface area (Å²) in [4.78, 5) is 13.3. The average molecular weight is 430 g/mol. The summed E-state index contributed by atoms with van der Waals surface area (Å²) < 4.78 is 7.54. The van der Waals surface area contributed by atoms with Crippen LogP contribution in [0.1, 0.15) is 71.6 Å². The van der Waals surface area contributed by atoms with Crippen LogP contribution in [0.4, 0.5) is 0 Å². The van der Waals surface area contributed by atoms with Crippen molar-refractivity contribution >= 4 is 5.78 Å². The lowest BCUT2D eigenvalue weighted by atomic mass is 9.43. The van der Waals surface area contributed by atoms with Gasteiger partial charge in [-0.05, 0) is 99.2 Å². The Morgan fingerprint density at radius 1 is 1.13 bits per heavy atom. The average Bonchev–Trinajstić information content (AvgIpc) is 3.35. The van der Waals surface area contributed by atoms with Crippen molar-refractivity contribution in [3.05, 3.63) is 12.4 Å². The Kier molecular flexibility index (Phi) is 5.32. The summed E-state index contributed by atoms with van der Waals surface area (Å²) in [5, 5.41) is 18.7. The number of aliphatic hydroxyl groups is 1. The lowest BCUT2D eigenvalue weighted by Gasteiger charge is -2.62. The maximum Gasteiger partial charge on any atom is 0.157 e. The van der Waals surface area contributed by atoms with Crippen molar-refractivity contribution in [1.29, 1.82) is 0 Å². The predicted molar refractivity (Wildman–Crippen MR) is 117 cm³/mol. The number of Topliss-reactive ketones (excluding diaryl/α,β-unsaturated/α-hetero) is 1. The molecular formula is C25H39N3O3. The molecule has 31 heavy (non-hydrogen) atoms. The number of ketones is 1. The highest BCUT2D eigenvalue weighted by atomic mass is 16.5. The molecular weight excluding hydrogens is 390 g/mol. The van der Waals surface area contributed by atoms with Crippen LogP contribution in [-0.2, 0) is 16.1 Å². The number of carbonyl (C=O) groups is 1. The summed E-state index contributed by atoms with van der Waals surface area (Å²) in [5.74, 6) is 3.04. The van der Waals surface area contributed by atoms with Gasteiger partial charge in [-0.15, -0.1) is 5.10 Å². The summed E-state index contributed by atoms with van der Waals surface area (Å²) in [6.45, 7) is 5.61. The molecule has 0 amide bonds. The zero-order valence-corrected chi connectivity index (χ0v) is 19.4. The summed E-state index contributed by atoms with van der Waals surface area (Å²) in [7, 11) is 1.85. The molecule has 1 heterocycles. The third kappa shape index (κ3) is 3.40. The van der Waals surface area contributed by atoms with Gasteiger partial charge in [0.1, 0.15) is 6.54 Å². The summed E-state index contributed by atoms with van der Waals surface area (Å²) in [6.07, 6.45) is 13.3. The van der Waals surface area contributed by atoms with Crippen LogP contribution in [-0.4, -0.2) is 45.2 Å². The molecule has 0 spiro atoms. The minimum Gasteiger partial charge on any atom is -0.390 e. The van der Waals surface area contributed by atoms with Crippen molar-refractivity contribution in [1.82, 2.24) is 15.0 Å². The molecule has 1 N–H and O–H groups in total. The van der Waals surface area contributed by atoms with E-state index in [4.69, 9.17) is 4.74 Å². The van der Waals surface area contributed by atoms with E-state index in [2.05, 4.69) is 17.2 Å². The Bertz CT molecular complexity index is 809. The van der Waals surface area contributed by atoms with Crippen molar-refractivity contribution in [3.8, 4) is 0 Å².